The van der Waals surface area contributed by atoms with Crippen molar-refractivity contribution in [1.29, 1.82) is 0 Å². The Morgan fingerprint density at radius 3 is 3.00 bits per heavy atom. The first kappa shape index (κ1) is 12.8. The summed E-state index contributed by atoms with van der Waals surface area (Å²) in [6, 6.07) is 3.66. The molecule has 0 amide bonds. The maximum Gasteiger partial charge on any atom is 0.188 e. The van der Waals surface area contributed by atoms with E-state index in [9.17, 15) is 0 Å². The second-order valence-corrected chi connectivity index (χ2v) is 4.70. The van der Waals surface area contributed by atoms with E-state index >= 15 is 0 Å². The van der Waals surface area contributed by atoms with Crippen molar-refractivity contribution >= 4 is 5.84 Å². The number of hydrogen-bond acceptors (Lipinski definition) is 4. The molecule has 18 heavy (non-hydrogen) atoms. The number of rotatable bonds is 5. The molecule has 1 saturated carbocycles. The topological polar surface area (TPSA) is 80.7 Å². The number of oxime groups is 1. The standard InChI is InChI=1S/C13H19N3O2/c14-13(16-17)12-7-11(5-6-15-12)9-18-8-10-3-1-2-4-10/h5-7,10,17H,1-4,8-9H2,(H2,14,16). The Morgan fingerprint density at radius 1 is 1.50 bits per heavy atom. The largest absolute Gasteiger partial charge is 0.409 e. The van der Waals surface area contributed by atoms with Crippen LogP contribution in [0.15, 0.2) is 23.5 Å². The molecule has 1 aliphatic rings. The van der Waals surface area contributed by atoms with Crippen molar-refractivity contribution < 1.29 is 9.94 Å². The smallest absolute Gasteiger partial charge is 0.188 e. The van der Waals surface area contributed by atoms with E-state index in [4.69, 9.17) is 15.7 Å². The van der Waals surface area contributed by atoms with Crippen LogP contribution in [-0.4, -0.2) is 22.6 Å². The van der Waals surface area contributed by atoms with Crippen molar-refractivity contribution in [3.05, 3.63) is 29.6 Å². The van der Waals surface area contributed by atoms with Crippen molar-refractivity contribution in [2.45, 2.75) is 32.3 Å². The quantitative estimate of drug-likeness (QED) is 0.361. The second-order valence-electron chi connectivity index (χ2n) is 4.70. The average Bonchev–Trinajstić information content (AvgIpc) is 2.91. The number of nitrogens with zero attached hydrogens (tertiary/aromatic N) is 2. The highest BCUT2D eigenvalue weighted by molar-refractivity contribution is 5.95. The van der Waals surface area contributed by atoms with Crippen molar-refractivity contribution in [2.24, 2.45) is 16.8 Å². The van der Waals surface area contributed by atoms with Crippen molar-refractivity contribution in [3.8, 4) is 0 Å². The Balaban J connectivity index is 1.85. The van der Waals surface area contributed by atoms with E-state index < -0.39 is 0 Å². The highest BCUT2D eigenvalue weighted by atomic mass is 16.5. The van der Waals surface area contributed by atoms with Gasteiger partial charge in [0.05, 0.1) is 6.61 Å². The summed E-state index contributed by atoms with van der Waals surface area (Å²) in [5.41, 5.74) is 6.95. The van der Waals surface area contributed by atoms with Crippen LogP contribution in [0.1, 0.15) is 36.9 Å². The van der Waals surface area contributed by atoms with Gasteiger partial charge in [0.2, 0.25) is 0 Å². The Labute approximate surface area is 107 Å². The lowest BCUT2D eigenvalue weighted by molar-refractivity contribution is 0.0888. The minimum atomic E-state index is 0.0210. The van der Waals surface area contributed by atoms with Crippen LogP contribution in [0.4, 0.5) is 0 Å². The van der Waals surface area contributed by atoms with E-state index in [0.717, 1.165) is 18.1 Å². The van der Waals surface area contributed by atoms with Gasteiger partial charge in [0.15, 0.2) is 5.84 Å². The van der Waals surface area contributed by atoms with Gasteiger partial charge in [0, 0.05) is 12.8 Å². The SMILES string of the molecule is NC(=NO)c1cc(COCC2CCCC2)ccn1. The van der Waals surface area contributed by atoms with E-state index in [1.54, 1.807) is 12.3 Å². The van der Waals surface area contributed by atoms with Gasteiger partial charge in [0.25, 0.3) is 0 Å². The third-order valence-corrected chi connectivity index (χ3v) is 3.29. The lowest BCUT2D eigenvalue weighted by atomic mass is 10.1. The fourth-order valence-corrected chi connectivity index (χ4v) is 2.28. The molecule has 98 valence electrons. The van der Waals surface area contributed by atoms with Gasteiger partial charge in [-0.05, 0) is 36.5 Å². The number of pyridine rings is 1. The van der Waals surface area contributed by atoms with Gasteiger partial charge in [-0.2, -0.15) is 0 Å². The molecule has 0 spiro atoms. The second kappa shape index (κ2) is 6.35. The maximum absolute atomic E-state index is 8.59. The first-order chi connectivity index (χ1) is 8.79. The summed E-state index contributed by atoms with van der Waals surface area (Å²) in [6.45, 7) is 1.37. The lowest BCUT2D eigenvalue weighted by Crippen LogP contribution is -2.15. The molecule has 5 heteroatoms. The first-order valence-electron chi connectivity index (χ1n) is 6.30. The molecule has 3 N–H and O–H groups in total. The number of amidine groups is 1. The summed E-state index contributed by atoms with van der Waals surface area (Å²) in [4.78, 5) is 4.02. The highest BCUT2D eigenvalue weighted by Gasteiger charge is 2.14. The summed E-state index contributed by atoms with van der Waals surface area (Å²) < 4.78 is 5.70. The predicted molar refractivity (Wildman–Crippen MR) is 68.4 cm³/mol. The van der Waals surface area contributed by atoms with E-state index in [-0.39, 0.29) is 5.84 Å². The van der Waals surface area contributed by atoms with Crippen LogP contribution in [0.5, 0.6) is 0 Å². The molecule has 0 bridgehead atoms. The predicted octanol–water partition coefficient (Wildman–Crippen LogP) is 1.88. The van der Waals surface area contributed by atoms with E-state index in [0.29, 0.717) is 12.3 Å². The molecule has 1 aliphatic carbocycles. The van der Waals surface area contributed by atoms with Crippen molar-refractivity contribution in [3.63, 3.8) is 0 Å². The monoisotopic (exact) mass is 249 g/mol. The third kappa shape index (κ3) is 3.43. The molecule has 1 fully saturated rings. The van der Waals surface area contributed by atoms with Crippen LogP contribution in [0.2, 0.25) is 0 Å². The van der Waals surface area contributed by atoms with Gasteiger partial charge < -0.3 is 15.7 Å². The minimum absolute atomic E-state index is 0.0210. The normalized spacial score (nSPS) is 17.2. The summed E-state index contributed by atoms with van der Waals surface area (Å²) in [7, 11) is 0. The van der Waals surface area contributed by atoms with Crippen molar-refractivity contribution in [1.82, 2.24) is 4.98 Å². The first-order valence-corrected chi connectivity index (χ1v) is 6.30. The molecule has 0 unspecified atom stereocenters. The maximum atomic E-state index is 8.59. The van der Waals surface area contributed by atoms with Crippen LogP contribution >= 0.6 is 0 Å². The molecular formula is C13H19N3O2. The van der Waals surface area contributed by atoms with Crippen LogP contribution < -0.4 is 5.73 Å². The Hall–Kier alpha value is -1.62. The molecule has 1 heterocycles. The fraction of sp³-hybridized carbons (Fsp3) is 0.538. The van der Waals surface area contributed by atoms with E-state index in [2.05, 4.69) is 10.1 Å². The van der Waals surface area contributed by atoms with Gasteiger partial charge >= 0.3 is 0 Å². The summed E-state index contributed by atoms with van der Waals surface area (Å²) in [5, 5.41) is 11.5. The molecule has 0 aromatic carbocycles. The molecule has 1 aromatic rings. The summed E-state index contributed by atoms with van der Waals surface area (Å²) in [5.74, 6) is 0.739. The average molecular weight is 249 g/mol. The van der Waals surface area contributed by atoms with Crippen LogP contribution in [-0.2, 0) is 11.3 Å². The zero-order valence-electron chi connectivity index (χ0n) is 10.4. The van der Waals surface area contributed by atoms with Gasteiger partial charge in [-0.15, -0.1) is 0 Å². The molecule has 0 atom stereocenters. The van der Waals surface area contributed by atoms with Gasteiger partial charge in [-0.1, -0.05) is 18.0 Å². The van der Waals surface area contributed by atoms with Gasteiger partial charge in [-0.3, -0.25) is 4.98 Å². The number of aromatic nitrogens is 1. The molecule has 0 saturated heterocycles. The zero-order chi connectivity index (χ0) is 12.8. The molecule has 5 nitrogen and oxygen atoms in total. The van der Waals surface area contributed by atoms with Crippen molar-refractivity contribution in [2.75, 3.05) is 6.61 Å². The Kier molecular flexibility index (Phi) is 4.52. The number of nitrogens with two attached hydrogens (primary N) is 1. The molecule has 1 aromatic heterocycles. The lowest BCUT2D eigenvalue weighted by Gasteiger charge is -2.10. The molecule has 0 aliphatic heterocycles. The van der Waals surface area contributed by atoms with Gasteiger partial charge in [-0.25, -0.2) is 0 Å². The summed E-state index contributed by atoms with van der Waals surface area (Å²) >= 11 is 0. The minimum Gasteiger partial charge on any atom is -0.409 e. The van der Waals surface area contributed by atoms with E-state index in [1.807, 2.05) is 6.07 Å². The van der Waals surface area contributed by atoms with E-state index in [1.165, 1.54) is 25.7 Å². The molecular weight excluding hydrogens is 230 g/mol. The fourth-order valence-electron chi connectivity index (χ4n) is 2.28. The third-order valence-electron chi connectivity index (χ3n) is 3.29. The zero-order valence-corrected chi connectivity index (χ0v) is 10.4. The van der Waals surface area contributed by atoms with Gasteiger partial charge in [0.1, 0.15) is 5.69 Å². The Bertz CT molecular complexity index is 414. The summed E-state index contributed by atoms with van der Waals surface area (Å²) in [6.07, 6.45) is 6.87. The van der Waals surface area contributed by atoms with Crippen LogP contribution in [0, 0.1) is 5.92 Å². The number of hydrogen-bond donors (Lipinski definition) is 2. The molecule has 0 radical (unpaired) electrons. The van der Waals surface area contributed by atoms with Crippen LogP contribution in [0.3, 0.4) is 0 Å². The Morgan fingerprint density at radius 2 is 2.28 bits per heavy atom. The number of ether oxygens (including phenoxy) is 1. The highest BCUT2D eigenvalue weighted by Crippen LogP contribution is 2.24. The van der Waals surface area contributed by atoms with Crippen LogP contribution in [0.25, 0.3) is 0 Å². The molecule has 2 rings (SSSR count).